The van der Waals surface area contributed by atoms with E-state index in [1.54, 1.807) is 24.3 Å². The van der Waals surface area contributed by atoms with E-state index in [1.165, 1.54) is 0 Å². The minimum Gasteiger partial charge on any atom is -0.377 e. The number of anilines is 2. The standard InChI is InChI=1S/C27H30ClN3O2/c1-5-15-31(27(33)20-10-8-9-19(2)16-20)18-21-17-22(13-14-25(21)30(3)4)29-26(32)23-11-6-7-12-24(23)28/h6-14,16-17H,5,15,18H2,1-4H3,(H,29,32). The third kappa shape index (κ3) is 6.14. The third-order valence-corrected chi connectivity index (χ3v) is 5.67. The average Bonchev–Trinajstić information content (AvgIpc) is 2.78. The first-order valence-electron chi connectivity index (χ1n) is 11.0. The molecule has 172 valence electrons. The summed E-state index contributed by atoms with van der Waals surface area (Å²) in [5.41, 5.74) is 4.74. The van der Waals surface area contributed by atoms with Crippen molar-refractivity contribution < 1.29 is 9.59 Å². The van der Waals surface area contributed by atoms with E-state index >= 15 is 0 Å². The lowest BCUT2D eigenvalue weighted by Crippen LogP contribution is -2.32. The number of halogens is 1. The van der Waals surface area contributed by atoms with Crippen LogP contribution in [0.15, 0.2) is 66.7 Å². The molecule has 0 aromatic heterocycles. The van der Waals surface area contributed by atoms with E-state index in [-0.39, 0.29) is 11.8 Å². The molecule has 0 saturated heterocycles. The van der Waals surface area contributed by atoms with Gasteiger partial charge < -0.3 is 15.1 Å². The molecule has 0 radical (unpaired) electrons. The molecule has 33 heavy (non-hydrogen) atoms. The van der Waals surface area contributed by atoms with Crippen LogP contribution in [0.1, 0.15) is 45.2 Å². The van der Waals surface area contributed by atoms with Gasteiger partial charge in [0.25, 0.3) is 11.8 Å². The second-order valence-electron chi connectivity index (χ2n) is 8.27. The Kier molecular flexibility index (Phi) is 8.12. The van der Waals surface area contributed by atoms with E-state index < -0.39 is 0 Å². The minimum absolute atomic E-state index is 0.00392. The summed E-state index contributed by atoms with van der Waals surface area (Å²) < 4.78 is 0. The van der Waals surface area contributed by atoms with Crippen molar-refractivity contribution in [3.8, 4) is 0 Å². The van der Waals surface area contributed by atoms with E-state index in [1.807, 2.05) is 73.3 Å². The molecule has 3 aromatic carbocycles. The highest BCUT2D eigenvalue weighted by Gasteiger charge is 2.19. The topological polar surface area (TPSA) is 52.7 Å². The largest absolute Gasteiger partial charge is 0.377 e. The molecule has 0 aliphatic heterocycles. The van der Waals surface area contributed by atoms with E-state index in [9.17, 15) is 9.59 Å². The number of carbonyl (C=O) groups excluding carboxylic acids is 2. The lowest BCUT2D eigenvalue weighted by atomic mass is 10.1. The molecule has 0 aliphatic carbocycles. The Hall–Kier alpha value is -3.31. The number of nitrogens with one attached hydrogen (secondary N) is 1. The molecular weight excluding hydrogens is 434 g/mol. The van der Waals surface area contributed by atoms with Gasteiger partial charge in [-0.2, -0.15) is 0 Å². The molecule has 0 atom stereocenters. The Balaban J connectivity index is 1.90. The number of carbonyl (C=O) groups is 2. The summed E-state index contributed by atoms with van der Waals surface area (Å²) in [5.74, 6) is -0.277. The zero-order chi connectivity index (χ0) is 24.0. The van der Waals surface area contributed by atoms with Gasteiger partial charge in [0.2, 0.25) is 0 Å². The molecule has 0 saturated carbocycles. The van der Waals surface area contributed by atoms with Gasteiger partial charge in [-0.25, -0.2) is 0 Å². The van der Waals surface area contributed by atoms with Crippen LogP contribution in [0.5, 0.6) is 0 Å². The molecule has 0 unspecified atom stereocenters. The molecule has 0 heterocycles. The van der Waals surface area contributed by atoms with Crippen molar-refractivity contribution in [2.75, 3.05) is 30.9 Å². The summed E-state index contributed by atoms with van der Waals surface area (Å²) >= 11 is 6.18. The van der Waals surface area contributed by atoms with E-state index in [0.717, 1.165) is 23.2 Å². The van der Waals surface area contributed by atoms with Crippen molar-refractivity contribution >= 4 is 34.8 Å². The summed E-state index contributed by atoms with van der Waals surface area (Å²) in [6.45, 7) is 5.11. The normalized spacial score (nSPS) is 10.6. The van der Waals surface area contributed by atoms with Crippen LogP contribution in [0.3, 0.4) is 0 Å². The molecule has 3 aromatic rings. The highest BCUT2D eigenvalue weighted by Crippen LogP contribution is 2.26. The predicted molar refractivity (Wildman–Crippen MR) is 136 cm³/mol. The van der Waals surface area contributed by atoms with Crippen molar-refractivity contribution in [1.29, 1.82) is 0 Å². The first kappa shape index (κ1) is 24.3. The molecule has 0 spiro atoms. The van der Waals surface area contributed by atoms with Crippen LogP contribution in [0.2, 0.25) is 5.02 Å². The van der Waals surface area contributed by atoms with Crippen LogP contribution in [0.4, 0.5) is 11.4 Å². The zero-order valence-electron chi connectivity index (χ0n) is 19.6. The second kappa shape index (κ2) is 11.0. The number of benzene rings is 3. The van der Waals surface area contributed by atoms with Crippen LogP contribution in [0, 0.1) is 6.92 Å². The van der Waals surface area contributed by atoms with Gasteiger partial charge in [0.1, 0.15) is 0 Å². The van der Waals surface area contributed by atoms with Gasteiger partial charge in [-0.05, 0) is 61.4 Å². The van der Waals surface area contributed by atoms with Crippen molar-refractivity contribution in [1.82, 2.24) is 4.90 Å². The second-order valence-corrected chi connectivity index (χ2v) is 8.68. The van der Waals surface area contributed by atoms with Crippen LogP contribution >= 0.6 is 11.6 Å². The summed E-state index contributed by atoms with van der Waals surface area (Å²) in [5, 5.41) is 3.33. The van der Waals surface area contributed by atoms with Crippen molar-refractivity contribution in [3.05, 3.63) is 94.0 Å². The Labute approximate surface area is 201 Å². The number of hydrogen-bond donors (Lipinski definition) is 1. The average molecular weight is 464 g/mol. The Bertz CT molecular complexity index is 1140. The number of nitrogens with zero attached hydrogens (tertiary/aromatic N) is 2. The monoisotopic (exact) mass is 463 g/mol. The number of amides is 2. The molecular formula is C27H30ClN3O2. The van der Waals surface area contributed by atoms with Crippen molar-refractivity contribution in [3.63, 3.8) is 0 Å². The van der Waals surface area contributed by atoms with Crippen molar-refractivity contribution in [2.45, 2.75) is 26.8 Å². The van der Waals surface area contributed by atoms with Gasteiger partial charge in [-0.3, -0.25) is 9.59 Å². The van der Waals surface area contributed by atoms with Gasteiger partial charge in [0.05, 0.1) is 10.6 Å². The maximum atomic E-state index is 13.3. The number of hydrogen-bond acceptors (Lipinski definition) is 3. The lowest BCUT2D eigenvalue weighted by molar-refractivity contribution is 0.0743. The van der Waals surface area contributed by atoms with E-state index in [2.05, 4.69) is 12.2 Å². The molecule has 0 aliphatic rings. The van der Waals surface area contributed by atoms with Gasteiger partial charge >= 0.3 is 0 Å². The van der Waals surface area contributed by atoms with Crippen LogP contribution in [-0.2, 0) is 6.54 Å². The fourth-order valence-electron chi connectivity index (χ4n) is 3.76. The maximum absolute atomic E-state index is 13.3. The first-order valence-corrected chi connectivity index (χ1v) is 11.4. The Morgan fingerprint density at radius 2 is 1.73 bits per heavy atom. The van der Waals surface area contributed by atoms with E-state index in [0.29, 0.717) is 34.9 Å². The quantitative estimate of drug-likeness (QED) is 0.444. The summed E-state index contributed by atoms with van der Waals surface area (Å²) in [4.78, 5) is 29.9. The summed E-state index contributed by atoms with van der Waals surface area (Å²) in [6.07, 6.45) is 0.845. The molecule has 0 fully saturated rings. The lowest BCUT2D eigenvalue weighted by Gasteiger charge is -2.26. The Morgan fingerprint density at radius 1 is 0.970 bits per heavy atom. The fraction of sp³-hybridized carbons (Fsp3) is 0.259. The van der Waals surface area contributed by atoms with Crippen molar-refractivity contribution in [2.24, 2.45) is 0 Å². The Morgan fingerprint density at radius 3 is 2.39 bits per heavy atom. The smallest absolute Gasteiger partial charge is 0.257 e. The maximum Gasteiger partial charge on any atom is 0.257 e. The highest BCUT2D eigenvalue weighted by molar-refractivity contribution is 6.34. The molecule has 6 heteroatoms. The van der Waals surface area contributed by atoms with Crippen LogP contribution in [-0.4, -0.2) is 37.4 Å². The van der Waals surface area contributed by atoms with Crippen LogP contribution in [0.25, 0.3) is 0 Å². The van der Waals surface area contributed by atoms with Gasteiger partial charge in [-0.15, -0.1) is 0 Å². The van der Waals surface area contributed by atoms with Gasteiger partial charge in [-0.1, -0.05) is 48.4 Å². The summed E-state index contributed by atoms with van der Waals surface area (Å²) in [6, 6.07) is 20.3. The number of aryl methyl sites for hydroxylation is 1. The van der Waals surface area contributed by atoms with Crippen LogP contribution < -0.4 is 10.2 Å². The number of rotatable bonds is 8. The third-order valence-electron chi connectivity index (χ3n) is 5.34. The molecule has 2 amide bonds. The first-order chi connectivity index (χ1) is 15.8. The SMILES string of the molecule is CCCN(Cc1cc(NC(=O)c2ccccc2Cl)ccc1N(C)C)C(=O)c1cccc(C)c1. The molecule has 3 rings (SSSR count). The molecule has 1 N–H and O–H groups in total. The minimum atomic E-state index is -0.273. The fourth-order valence-corrected chi connectivity index (χ4v) is 3.98. The summed E-state index contributed by atoms with van der Waals surface area (Å²) in [7, 11) is 3.93. The van der Waals surface area contributed by atoms with E-state index in [4.69, 9.17) is 11.6 Å². The molecule has 0 bridgehead atoms. The highest BCUT2D eigenvalue weighted by atomic mass is 35.5. The zero-order valence-corrected chi connectivity index (χ0v) is 20.3. The van der Waals surface area contributed by atoms with Gasteiger partial charge in [0.15, 0.2) is 0 Å². The molecule has 5 nitrogen and oxygen atoms in total. The predicted octanol–water partition coefficient (Wildman–Crippen LogP) is 6.02. The van der Waals surface area contributed by atoms with Gasteiger partial charge in [0, 0.05) is 44.1 Å².